The number of methoxy groups -OCH3 is 1. The molecule has 2 nitrogen and oxygen atoms in total. The first kappa shape index (κ1) is 12.5. The monoisotopic (exact) mass is 218 g/mol. The highest BCUT2D eigenvalue weighted by Gasteiger charge is 2.08. The maximum atomic E-state index is 11.9. The first-order chi connectivity index (χ1) is 7.58. The van der Waals surface area contributed by atoms with E-state index in [1.54, 1.807) is 13.2 Å². The third-order valence-corrected chi connectivity index (χ3v) is 2.63. The van der Waals surface area contributed by atoms with E-state index in [9.17, 15) is 4.79 Å². The number of carbonyl (C=O) groups excluding carboxylic acids is 1. The van der Waals surface area contributed by atoms with Gasteiger partial charge in [-0.15, -0.1) is 0 Å². The van der Waals surface area contributed by atoms with Crippen LogP contribution < -0.4 is 4.74 Å². The largest absolute Gasteiger partial charge is 0.496 e. The SMILES string of the molecule is C=C(CC)CC(=O)c1ccc(OC)c(C)c1. The Labute approximate surface area is 96.9 Å². The molecule has 0 radical (unpaired) electrons. The molecule has 0 spiro atoms. The van der Waals surface area contributed by atoms with Gasteiger partial charge in [0.25, 0.3) is 0 Å². The van der Waals surface area contributed by atoms with Gasteiger partial charge in [-0.2, -0.15) is 0 Å². The molecule has 0 aliphatic carbocycles. The number of rotatable bonds is 5. The lowest BCUT2D eigenvalue weighted by molar-refractivity contribution is 0.0992. The average Bonchev–Trinajstić information content (AvgIpc) is 2.28. The van der Waals surface area contributed by atoms with Crippen molar-refractivity contribution in [1.82, 2.24) is 0 Å². The molecule has 1 rings (SSSR count). The summed E-state index contributed by atoms with van der Waals surface area (Å²) in [6.45, 7) is 7.79. The Balaban J connectivity index is 2.85. The molecule has 0 aliphatic rings. The molecule has 86 valence electrons. The molecule has 1 aromatic carbocycles. The molecule has 16 heavy (non-hydrogen) atoms. The number of benzene rings is 1. The molecule has 2 heteroatoms. The lowest BCUT2D eigenvalue weighted by atomic mass is 10.0. The first-order valence-corrected chi connectivity index (χ1v) is 5.43. The zero-order valence-electron chi connectivity index (χ0n) is 10.2. The van der Waals surface area contributed by atoms with Crippen LogP contribution >= 0.6 is 0 Å². The number of Topliss-reactive ketones (excluding diaryl/α,β-unsaturated/α-hetero) is 1. The Kier molecular flexibility index (Phi) is 4.29. The van der Waals surface area contributed by atoms with E-state index in [4.69, 9.17) is 4.74 Å². The summed E-state index contributed by atoms with van der Waals surface area (Å²) in [6.07, 6.45) is 1.28. The molecule has 0 aromatic heterocycles. The third-order valence-electron chi connectivity index (χ3n) is 2.63. The maximum absolute atomic E-state index is 11.9. The summed E-state index contributed by atoms with van der Waals surface area (Å²) in [7, 11) is 1.63. The van der Waals surface area contributed by atoms with Crippen LogP contribution in [0.15, 0.2) is 30.4 Å². The number of carbonyl (C=O) groups is 1. The minimum absolute atomic E-state index is 0.123. The van der Waals surface area contributed by atoms with E-state index >= 15 is 0 Å². The molecule has 1 aromatic rings. The van der Waals surface area contributed by atoms with Gasteiger partial charge < -0.3 is 4.74 Å². The van der Waals surface area contributed by atoms with E-state index in [2.05, 4.69) is 6.58 Å². The van der Waals surface area contributed by atoms with E-state index in [1.807, 2.05) is 26.0 Å². The van der Waals surface area contributed by atoms with Gasteiger partial charge in [0.1, 0.15) is 5.75 Å². The highest BCUT2D eigenvalue weighted by Crippen LogP contribution is 2.20. The fourth-order valence-electron chi connectivity index (χ4n) is 1.51. The Morgan fingerprint density at radius 2 is 2.12 bits per heavy atom. The smallest absolute Gasteiger partial charge is 0.166 e. The number of ketones is 1. The average molecular weight is 218 g/mol. The lowest BCUT2D eigenvalue weighted by Gasteiger charge is -2.07. The molecule has 0 saturated heterocycles. The van der Waals surface area contributed by atoms with Crippen LogP contribution in [0.3, 0.4) is 0 Å². The normalized spacial score (nSPS) is 9.94. The predicted octanol–water partition coefficient (Wildman–Crippen LogP) is 3.54. The van der Waals surface area contributed by atoms with E-state index in [0.717, 1.165) is 28.9 Å². The molecule has 0 N–H and O–H groups in total. The van der Waals surface area contributed by atoms with Crippen LogP contribution in [0.2, 0.25) is 0 Å². The molecular weight excluding hydrogens is 200 g/mol. The van der Waals surface area contributed by atoms with Crippen LogP contribution in [0, 0.1) is 6.92 Å². The Bertz CT molecular complexity index is 405. The Morgan fingerprint density at radius 1 is 1.44 bits per heavy atom. The molecule has 0 fully saturated rings. The quantitative estimate of drug-likeness (QED) is 0.558. The van der Waals surface area contributed by atoms with Crippen molar-refractivity contribution in [3.8, 4) is 5.75 Å². The van der Waals surface area contributed by atoms with Crippen LogP contribution in [0.25, 0.3) is 0 Å². The molecule has 0 aliphatic heterocycles. The van der Waals surface area contributed by atoms with Gasteiger partial charge in [0.2, 0.25) is 0 Å². The molecule has 0 bridgehead atoms. The van der Waals surface area contributed by atoms with E-state index in [1.165, 1.54) is 0 Å². The summed E-state index contributed by atoms with van der Waals surface area (Å²) in [5.41, 5.74) is 2.68. The number of aryl methyl sites for hydroxylation is 1. The van der Waals surface area contributed by atoms with Crippen molar-refractivity contribution in [1.29, 1.82) is 0 Å². The second-order valence-corrected chi connectivity index (χ2v) is 3.89. The van der Waals surface area contributed by atoms with Crippen LogP contribution in [-0.4, -0.2) is 12.9 Å². The maximum Gasteiger partial charge on any atom is 0.166 e. The number of allylic oxidation sites excluding steroid dienone is 1. The molecule has 0 amide bonds. The summed E-state index contributed by atoms with van der Waals surface area (Å²) < 4.78 is 5.15. The summed E-state index contributed by atoms with van der Waals surface area (Å²) in [5.74, 6) is 0.934. The second kappa shape index (κ2) is 5.50. The number of hydrogen-bond acceptors (Lipinski definition) is 2. The molecule has 0 saturated carbocycles. The summed E-state index contributed by atoms with van der Waals surface area (Å²) >= 11 is 0. The fourth-order valence-corrected chi connectivity index (χ4v) is 1.51. The first-order valence-electron chi connectivity index (χ1n) is 5.43. The van der Waals surface area contributed by atoms with Crippen molar-refractivity contribution in [2.45, 2.75) is 26.7 Å². The highest BCUT2D eigenvalue weighted by atomic mass is 16.5. The predicted molar refractivity (Wildman–Crippen MR) is 66.1 cm³/mol. The van der Waals surface area contributed by atoms with Gasteiger partial charge in [-0.3, -0.25) is 4.79 Å². The van der Waals surface area contributed by atoms with Gasteiger partial charge in [0.05, 0.1) is 7.11 Å². The highest BCUT2D eigenvalue weighted by molar-refractivity contribution is 5.97. The van der Waals surface area contributed by atoms with Gasteiger partial charge in [-0.05, 0) is 37.1 Å². The molecule has 0 heterocycles. The van der Waals surface area contributed by atoms with E-state index < -0.39 is 0 Å². The fraction of sp³-hybridized carbons (Fsp3) is 0.357. The van der Waals surface area contributed by atoms with E-state index in [0.29, 0.717) is 6.42 Å². The number of hydrogen-bond donors (Lipinski definition) is 0. The Morgan fingerprint density at radius 3 is 2.62 bits per heavy atom. The van der Waals surface area contributed by atoms with Crippen molar-refractivity contribution in [2.24, 2.45) is 0 Å². The van der Waals surface area contributed by atoms with Crippen LogP contribution in [0.4, 0.5) is 0 Å². The zero-order valence-corrected chi connectivity index (χ0v) is 10.2. The summed E-state index contributed by atoms with van der Waals surface area (Å²) in [6, 6.07) is 5.50. The third kappa shape index (κ3) is 2.96. The van der Waals surface area contributed by atoms with Crippen molar-refractivity contribution in [3.63, 3.8) is 0 Å². The van der Waals surface area contributed by atoms with Crippen molar-refractivity contribution >= 4 is 5.78 Å². The zero-order chi connectivity index (χ0) is 12.1. The van der Waals surface area contributed by atoms with Gasteiger partial charge in [0, 0.05) is 12.0 Å². The molecule has 0 atom stereocenters. The summed E-state index contributed by atoms with van der Waals surface area (Å²) in [4.78, 5) is 11.9. The van der Waals surface area contributed by atoms with Crippen molar-refractivity contribution < 1.29 is 9.53 Å². The van der Waals surface area contributed by atoms with Gasteiger partial charge in [-0.1, -0.05) is 19.1 Å². The second-order valence-electron chi connectivity index (χ2n) is 3.89. The lowest BCUT2D eigenvalue weighted by Crippen LogP contribution is -2.01. The summed E-state index contributed by atoms with van der Waals surface area (Å²) in [5, 5.41) is 0. The van der Waals surface area contributed by atoms with E-state index in [-0.39, 0.29) is 5.78 Å². The van der Waals surface area contributed by atoms with Crippen molar-refractivity contribution in [2.75, 3.05) is 7.11 Å². The molecule has 0 unspecified atom stereocenters. The molecular formula is C14H18O2. The van der Waals surface area contributed by atoms with Crippen LogP contribution in [0.5, 0.6) is 5.75 Å². The van der Waals surface area contributed by atoms with Gasteiger partial charge >= 0.3 is 0 Å². The van der Waals surface area contributed by atoms with Gasteiger partial charge in [-0.25, -0.2) is 0 Å². The number of ether oxygens (including phenoxy) is 1. The van der Waals surface area contributed by atoms with Crippen LogP contribution in [0.1, 0.15) is 35.7 Å². The minimum Gasteiger partial charge on any atom is -0.496 e. The Hall–Kier alpha value is -1.57. The van der Waals surface area contributed by atoms with Crippen LogP contribution in [-0.2, 0) is 0 Å². The topological polar surface area (TPSA) is 26.3 Å². The minimum atomic E-state index is 0.123. The van der Waals surface area contributed by atoms with Gasteiger partial charge in [0.15, 0.2) is 5.78 Å². The standard InChI is InChI=1S/C14H18O2/c1-5-10(2)8-13(15)12-6-7-14(16-4)11(3)9-12/h6-7,9H,2,5,8H2,1,3-4H3. The van der Waals surface area contributed by atoms with Crippen molar-refractivity contribution in [3.05, 3.63) is 41.5 Å².